The Hall–Kier alpha value is -3.13. The van der Waals surface area contributed by atoms with E-state index in [2.05, 4.69) is 9.88 Å². The lowest BCUT2D eigenvalue weighted by atomic mass is 10.1. The van der Waals surface area contributed by atoms with Crippen molar-refractivity contribution in [2.24, 2.45) is 0 Å². The first-order valence-electron chi connectivity index (χ1n) is 11.7. The molecule has 4 rings (SSSR count). The zero-order valence-corrected chi connectivity index (χ0v) is 19.2. The summed E-state index contributed by atoms with van der Waals surface area (Å²) < 4.78 is 11.7. The summed E-state index contributed by atoms with van der Waals surface area (Å²) in [7, 11) is 0. The van der Waals surface area contributed by atoms with E-state index in [9.17, 15) is 9.59 Å². The minimum Gasteiger partial charge on any atom is -0.490 e. The number of aromatic nitrogens is 1. The zero-order valence-electron chi connectivity index (χ0n) is 19.2. The maximum Gasteiger partial charge on any atom is 0.254 e. The third-order valence-electron chi connectivity index (χ3n) is 6.08. The Morgan fingerprint density at radius 1 is 0.939 bits per heavy atom. The van der Waals surface area contributed by atoms with Crippen molar-refractivity contribution in [3.63, 3.8) is 0 Å². The molecule has 0 spiro atoms. The molecule has 0 aliphatic carbocycles. The number of amides is 2. The highest BCUT2D eigenvalue weighted by Crippen LogP contribution is 2.30. The van der Waals surface area contributed by atoms with Gasteiger partial charge >= 0.3 is 0 Å². The van der Waals surface area contributed by atoms with Gasteiger partial charge in [-0.1, -0.05) is 6.07 Å². The van der Waals surface area contributed by atoms with E-state index in [1.165, 1.54) is 0 Å². The molecule has 2 aliphatic rings. The number of pyridine rings is 1. The fourth-order valence-corrected chi connectivity index (χ4v) is 4.22. The average Bonchev–Trinajstić information content (AvgIpc) is 3.39. The third-order valence-corrected chi connectivity index (χ3v) is 6.08. The van der Waals surface area contributed by atoms with Gasteiger partial charge in [-0.3, -0.25) is 19.5 Å². The molecule has 2 saturated heterocycles. The standard InChI is InChI=1S/C25H32N4O4/c1-2-32-23-16-21(7-8-22(23)33-19-20-6-5-9-26-17-20)25(31)29-14-12-27(13-15-29)18-24(30)28-10-3-4-11-28/h5-9,16-17H,2-4,10-15,18-19H2,1H3. The number of ether oxygens (including phenoxy) is 2. The molecule has 1 aromatic heterocycles. The van der Waals surface area contributed by atoms with Gasteiger partial charge in [-0.15, -0.1) is 0 Å². The highest BCUT2D eigenvalue weighted by atomic mass is 16.5. The number of carbonyl (C=O) groups is 2. The molecule has 8 heteroatoms. The number of carbonyl (C=O) groups excluding carboxylic acids is 2. The molecule has 0 bridgehead atoms. The Balaban J connectivity index is 1.33. The van der Waals surface area contributed by atoms with Crippen LogP contribution in [-0.2, 0) is 11.4 Å². The third kappa shape index (κ3) is 6.01. The fourth-order valence-electron chi connectivity index (χ4n) is 4.22. The van der Waals surface area contributed by atoms with Gasteiger partial charge in [0.2, 0.25) is 5.91 Å². The molecule has 176 valence electrons. The van der Waals surface area contributed by atoms with Gasteiger partial charge in [0.25, 0.3) is 5.91 Å². The van der Waals surface area contributed by atoms with Gasteiger partial charge in [-0.25, -0.2) is 0 Å². The van der Waals surface area contributed by atoms with Crippen LogP contribution in [-0.4, -0.2) is 83.9 Å². The second-order valence-corrected chi connectivity index (χ2v) is 8.40. The molecule has 33 heavy (non-hydrogen) atoms. The Morgan fingerprint density at radius 2 is 1.73 bits per heavy atom. The van der Waals surface area contributed by atoms with Crippen molar-refractivity contribution in [3.05, 3.63) is 53.9 Å². The van der Waals surface area contributed by atoms with Crippen LogP contribution in [0.3, 0.4) is 0 Å². The van der Waals surface area contributed by atoms with E-state index in [0.29, 0.717) is 63.0 Å². The molecular formula is C25H32N4O4. The topological polar surface area (TPSA) is 75.2 Å². The van der Waals surface area contributed by atoms with Crippen LogP contribution in [0.25, 0.3) is 0 Å². The van der Waals surface area contributed by atoms with Crippen molar-refractivity contribution in [3.8, 4) is 11.5 Å². The Kier molecular flexibility index (Phi) is 7.78. The van der Waals surface area contributed by atoms with Crippen LogP contribution in [0, 0.1) is 0 Å². The van der Waals surface area contributed by atoms with Crippen LogP contribution in [0.2, 0.25) is 0 Å². The lowest BCUT2D eigenvalue weighted by Gasteiger charge is -2.35. The first-order chi connectivity index (χ1) is 16.1. The molecule has 0 atom stereocenters. The molecule has 0 radical (unpaired) electrons. The molecule has 1 aromatic carbocycles. The fraction of sp³-hybridized carbons (Fsp3) is 0.480. The lowest BCUT2D eigenvalue weighted by Crippen LogP contribution is -2.51. The lowest BCUT2D eigenvalue weighted by molar-refractivity contribution is -0.131. The van der Waals surface area contributed by atoms with E-state index in [-0.39, 0.29) is 11.8 Å². The summed E-state index contributed by atoms with van der Waals surface area (Å²) in [6.07, 6.45) is 5.69. The number of likely N-dealkylation sites (tertiary alicyclic amines) is 1. The Bertz CT molecular complexity index is 939. The van der Waals surface area contributed by atoms with E-state index in [4.69, 9.17) is 9.47 Å². The molecule has 8 nitrogen and oxygen atoms in total. The van der Waals surface area contributed by atoms with Gasteiger partial charge in [0.15, 0.2) is 11.5 Å². The number of hydrogen-bond acceptors (Lipinski definition) is 6. The quantitative estimate of drug-likeness (QED) is 0.613. The van der Waals surface area contributed by atoms with Crippen LogP contribution in [0.1, 0.15) is 35.7 Å². The number of rotatable bonds is 8. The first-order valence-corrected chi connectivity index (χ1v) is 11.7. The van der Waals surface area contributed by atoms with Crippen LogP contribution in [0.5, 0.6) is 11.5 Å². The average molecular weight is 453 g/mol. The summed E-state index contributed by atoms with van der Waals surface area (Å²) in [4.78, 5) is 35.6. The smallest absolute Gasteiger partial charge is 0.254 e. The highest BCUT2D eigenvalue weighted by molar-refractivity contribution is 5.95. The maximum atomic E-state index is 13.1. The van der Waals surface area contributed by atoms with Crippen molar-refractivity contribution >= 4 is 11.8 Å². The normalized spacial score (nSPS) is 16.6. The van der Waals surface area contributed by atoms with Crippen LogP contribution in [0.15, 0.2) is 42.7 Å². The van der Waals surface area contributed by atoms with Gasteiger partial charge in [0, 0.05) is 62.8 Å². The van der Waals surface area contributed by atoms with Crippen LogP contribution < -0.4 is 9.47 Å². The molecule has 2 amide bonds. The molecule has 0 N–H and O–H groups in total. The Labute approximate surface area is 195 Å². The summed E-state index contributed by atoms with van der Waals surface area (Å²) in [5, 5.41) is 0. The van der Waals surface area contributed by atoms with E-state index < -0.39 is 0 Å². The van der Waals surface area contributed by atoms with E-state index in [1.807, 2.05) is 28.9 Å². The summed E-state index contributed by atoms with van der Waals surface area (Å²) >= 11 is 0. The van der Waals surface area contributed by atoms with E-state index in [1.54, 1.807) is 30.6 Å². The second kappa shape index (κ2) is 11.1. The van der Waals surface area contributed by atoms with Crippen LogP contribution in [0.4, 0.5) is 0 Å². The summed E-state index contributed by atoms with van der Waals surface area (Å²) in [5.74, 6) is 1.33. The van der Waals surface area contributed by atoms with Crippen molar-refractivity contribution in [1.29, 1.82) is 0 Å². The molecule has 2 fully saturated rings. The van der Waals surface area contributed by atoms with Crippen LogP contribution >= 0.6 is 0 Å². The van der Waals surface area contributed by atoms with Crippen molar-refractivity contribution in [1.82, 2.24) is 19.7 Å². The van der Waals surface area contributed by atoms with Crippen molar-refractivity contribution in [2.45, 2.75) is 26.4 Å². The predicted octanol–water partition coefficient (Wildman–Crippen LogP) is 2.44. The maximum absolute atomic E-state index is 13.1. The predicted molar refractivity (Wildman–Crippen MR) is 124 cm³/mol. The number of nitrogens with zero attached hydrogens (tertiary/aromatic N) is 4. The summed E-state index contributed by atoms with van der Waals surface area (Å²) in [6, 6.07) is 9.15. The van der Waals surface area contributed by atoms with E-state index >= 15 is 0 Å². The van der Waals surface area contributed by atoms with Crippen molar-refractivity contribution in [2.75, 3.05) is 52.4 Å². The van der Waals surface area contributed by atoms with E-state index in [0.717, 1.165) is 31.5 Å². The molecule has 3 heterocycles. The van der Waals surface area contributed by atoms with Gasteiger partial charge in [0.05, 0.1) is 13.2 Å². The summed E-state index contributed by atoms with van der Waals surface area (Å²) in [6.45, 7) is 7.57. The number of piperazine rings is 1. The molecule has 0 saturated carbocycles. The highest BCUT2D eigenvalue weighted by Gasteiger charge is 2.26. The number of benzene rings is 1. The molecule has 0 unspecified atom stereocenters. The van der Waals surface area contributed by atoms with Gasteiger partial charge in [-0.2, -0.15) is 0 Å². The zero-order chi connectivity index (χ0) is 23.0. The van der Waals surface area contributed by atoms with Gasteiger partial charge < -0.3 is 19.3 Å². The largest absolute Gasteiger partial charge is 0.490 e. The first kappa shape index (κ1) is 23.0. The summed E-state index contributed by atoms with van der Waals surface area (Å²) in [5.41, 5.74) is 1.54. The minimum atomic E-state index is -0.0275. The minimum absolute atomic E-state index is 0.0275. The SMILES string of the molecule is CCOc1cc(C(=O)N2CCN(CC(=O)N3CCCC3)CC2)ccc1OCc1cccnc1. The van der Waals surface area contributed by atoms with Gasteiger partial charge in [0.1, 0.15) is 6.61 Å². The number of hydrogen-bond donors (Lipinski definition) is 0. The monoisotopic (exact) mass is 452 g/mol. The molecule has 2 aliphatic heterocycles. The van der Waals surface area contributed by atoms with Gasteiger partial charge in [-0.05, 0) is 44.0 Å². The second-order valence-electron chi connectivity index (χ2n) is 8.40. The Morgan fingerprint density at radius 3 is 2.42 bits per heavy atom. The molecule has 2 aromatic rings. The molecular weight excluding hydrogens is 420 g/mol. The van der Waals surface area contributed by atoms with Crippen molar-refractivity contribution < 1.29 is 19.1 Å².